The number of benzene rings is 1. The van der Waals surface area contributed by atoms with E-state index >= 15 is 0 Å². The summed E-state index contributed by atoms with van der Waals surface area (Å²) in [5.74, 6) is 1.05. The number of carboxylic acid groups (broad SMARTS) is 1. The van der Waals surface area contributed by atoms with Crippen LogP contribution in [0.1, 0.15) is 49.3 Å². The zero-order valence-electron chi connectivity index (χ0n) is 22.0. The summed E-state index contributed by atoms with van der Waals surface area (Å²) < 4.78 is 11.5. The second-order valence-electron chi connectivity index (χ2n) is 8.46. The number of nitrogens with two attached hydrogens (primary N) is 1. The van der Waals surface area contributed by atoms with Gasteiger partial charge in [0.25, 0.3) is 11.9 Å². The normalized spacial score (nSPS) is 11.8. The number of aliphatic carboxylic acids is 1. The molecule has 198 valence electrons. The molecule has 2 heterocycles. The number of aryl methyl sites for hydroxylation is 3. The Morgan fingerprint density at radius 1 is 1.19 bits per heavy atom. The van der Waals surface area contributed by atoms with Gasteiger partial charge in [0.15, 0.2) is 0 Å². The van der Waals surface area contributed by atoms with Gasteiger partial charge < -0.3 is 25.2 Å². The highest BCUT2D eigenvalue weighted by atomic mass is 32.1. The van der Waals surface area contributed by atoms with Crippen molar-refractivity contribution in [1.29, 1.82) is 0 Å². The smallest absolute Gasteiger partial charge is 0.300 e. The van der Waals surface area contributed by atoms with Crippen molar-refractivity contribution in [3.05, 3.63) is 39.8 Å². The van der Waals surface area contributed by atoms with Crippen LogP contribution in [0.2, 0.25) is 0 Å². The zero-order valence-corrected chi connectivity index (χ0v) is 22.8. The number of aliphatic hydroxyl groups is 1. The maximum Gasteiger partial charge on any atom is 0.300 e. The van der Waals surface area contributed by atoms with Crippen molar-refractivity contribution in [3.8, 4) is 27.9 Å². The number of aromatic nitrogens is 2. The molecule has 0 saturated heterocycles. The first kappa shape index (κ1) is 29.4. The fourth-order valence-electron chi connectivity index (χ4n) is 3.57. The number of thiophene rings is 1. The van der Waals surface area contributed by atoms with Crippen LogP contribution in [0.5, 0.6) is 5.75 Å². The highest BCUT2D eigenvalue weighted by Gasteiger charge is 2.18. The van der Waals surface area contributed by atoms with Gasteiger partial charge in [-0.15, -0.1) is 11.3 Å². The monoisotopic (exact) mass is 518 g/mol. The molecule has 0 aliphatic heterocycles. The minimum absolute atomic E-state index is 0.170. The quantitative estimate of drug-likeness (QED) is 0.340. The van der Waals surface area contributed by atoms with Crippen molar-refractivity contribution >= 4 is 17.3 Å². The van der Waals surface area contributed by atoms with Crippen molar-refractivity contribution in [1.82, 2.24) is 15.0 Å². The van der Waals surface area contributed by atoms with Crippen LogP contribution in [0.15, 0.2) is 22.7 Å². The summed E-state index contributed by atoms with van der Waals surface area (Å²) in [5, 5.41) is 21.4. The minimum atomic E-state index is -0.833. The molecular formula is C26H38N4O5S. The molecule has 1 atom stereocenters. The molecule has 10 heteroatoms. The topological polar surface area (TPSA) is 135 Å². The number of hydrogen-bond acceptors (Lipinski definition) is 9. The molecule has 0 spiro atoms. The number of ether oxygens (including phenoxy) is 1. The molecule has 0 saturated carbocycles. The van der Waals surface area contributed by atoms with Gasteiger partial charge in [0.2, 0.25) is 5.82 Å². The molecule has 0 aliphatic rings. The number of carbonyl (C=O) groups is 1. The second-order valence-corrected chi connectivity index (χ2v) is 9.59. The zero-order chi connectivity index (χ0) is 26.8. The maximum atomic E-state index is 9.73. The minimum Gasteiger partial charge on any atom is -0.490 e. The van der Waals surface area contributed by atoms with Crippen molar-refractivity contribution in [2.24, 2.45) is 5.73 Å². The first-order valence-electron chi connectivity index (χ1n) is 12.1. The van der Waals surface area contributed by atoms with Gasteiger partial charge in [-0.25, -0.2) is 0 Å². The first-order chi connectivity index (χ1) is 17.1. The fraction of sp³-hybridized carbons (Fsp3) is 0.500. The van der Waals surface area contributed by atoms with E-state index in [1.54, 1.807) is 11.3 Å². The van der Waals surface area contributed by atoms with E-state index in [1.807, 2.05) is 19.1 Å². The lowest BCUT2D eigenvalue weighted by Gasteiger charge is -2.17. The summed E-state index contributed by atoms with van der Waals surface area (Å²) in [4.78, 5) is 18.4. The molecular weight excluding hydrogens is 480 g/mol. The van der Waals surface area contributed by atoms with E-state index < -0.39 is 12.1 Å². The second kappa shape index (κ2) is 14.1. The predicted octanol–water partition coefficient (Wildman–Crippen LogP) is 4.28. The maximum absolute atomic E-state index is 9.73. The molecule has 0 aliphatic carbocycles. The Morgan fingerprint density at radius 3 is 2.44 bits per heavy atom. The van der Waals surface area contributed by atoms with Gasteiger partial charge in [-0.1, -0.05) is 25.9 Å². The highest BCUT2D eigenvalue weighted by molar-refractivity contribution is 7.15. The van der Waals surface area contributed by atoms with Crippen LogP contribution < -0.4 is 10.5 Å². The van der Waals surface area contributed by atoms with Gasteiger partial charge in [-0.3, -0.25) is 9.69 Å². The lowest BCUT2D eigenvalue weighted by atomic mass is 10.0. The van der Waals surface area contributed by atoms with Gasteiger partial charge in [-0.05, 0) is 68.2 Å². The van der Waals surface area contributed by atoms with Gasteiger partial charge in [0.1, 0.15) is 18.5 Å². The van der Waals surface area contributed by atoms with Crippen molar-refractivity contribution in [2.45, 2.75) is 60.6 Å². The molecule has 0 radical (unpaired) electrons. The van der Waals surface area contributed by atoms with Crippen LogP contribution in [-0.4, -0.2) is 63.6 Å². The molecule has 3 rings (SSSR count). The van der Waals surface area contributed by atoms with Gasteiger partial charge in [0, 0.05) is 30.5 Å². The Bertz CT molecular complexity index is 1120. The molecule has 36 heavy (non-hydrogen) atoms. The van der Waals surface area contributed by atoms with Crippen LogP contribution in [0.4, 0.5) is 0 Å². The van der Waals surface area contributed by atoms with Crippen LogP contribution in [0.3, 0.4) is 0 Å². The van der Waals surface area contributed by atoms with E-state index in [4.69, 9.17) is 24.9 Å². The third kappa shape index (κ3) is 8.12. The number of aliphatic hydroxyl groups excluding tert-OH is 1. The Balaban J connectivity index is 0.00000106. The van der Waals surface area contributed by atoms with E-state index in [-0.39, 0.29) is 13.2 Å². The molecule has 4 N–H and O–H groups in total. The summed E-state index contributed by atoms with van der Waals surface area (Å²) in [5.41, 5.74) is 9.62. The third-order valence-corrected chi connectivity index (χ3v) is 6.81. The van der Waals surface area contributed by atoms with Gasteiger partial charge in [-0.2, -0.15) is 4.98 Å². The number of nitrogens with zero attached hydrogens (tertiary/aromatic N) is 3. The van der Waals surface area contributed by atoms with E-state index in [9.17, 15) is 5.11 Å². The van der Waals surface area contributed by atoms with E-state index in [2.05, 4.69) is 48.8 Å². The summed E-state index contributed by atoms with van der Waals surface area (Å²) in [6.45, 7) is 15.0. The van der Waals surface area contributed by atoms with Crippen molar-refractivity contribution in [3.63, 3.8) is 0 Å². The predicted molar refractivity (Wildman–Crippen MR) is 142 cm³/mol. The van der Waals surface area contributed by atoms with Crippen molar-refractivity contribution < 1.29 is 24.3 Å². The van der Waals surface area contributed by atoms with Crippen molar-refractivity contribution in [2.75, 3.05) is 26.2 Å². The Labute approximate surface area is 216 Å². The third-order valence-electron chi connectivity index (χ3n) is 5.60. The lowest BCUT2D eigenvalue weighted by Crippen LogP contribution is -2.27. The highest BCUT2D eigenvalue weighted by Crippen LogP contribution is 2.34. The van der Waals surface area contributed by atoms with Crippen LogP contribution in [0.25, 0.3) is 22.2 Å². The summed E-state index contributed by atoms with van der Waals surface area (Å²) in [7, 11) is 0. The molecule has 1 aromatic carbocycles. The molecule has 0 amide bonds. The lowest BCUT2D eigenvalue weighted by molar-refractivity contribution is -0.134. The summed E-state index contributed by atoms with van der Waals surface area (Å²) in [6.07, 6.45) is 0.103. The Kier molecular flexibility index (Phi) is 11.5. The van der Waals surface area contributed by atoms with Crippen LogP contribution >= 0.6 is 11.3 Å². The molecule has 0 fully saturated rings. The Morgan fingerprint density at radius 2 is 1.86 bits per heavy atom. The molecule has 2 aromatic heterocycles. The van der Waals surface area contributed by atoms with Crippen LogP contribution in [0, 0.1) is 13.8 Å². The van der Waals surface area contributed by atoms with E-state index in [0.29, 0.717) is 11.7 Å². The molecule has 9 nitrogen and oxygen atoms in total. The van der Waals surface area contributed by atoms with Crippen LogP contribution in [-0.2, 0) is 17.8 Å². The number of carboxylic acids is 1. The summed E-state index contributed by atoms with van der Waals surface area (Å²) in [6, 6.07) is 6.14. The Hall–Kier alpha value is -2.79. The van der Waals surface area contributed by atoms with Gasteiger partial charge >= 0.3 is 0 Å². The first-order valence-corrected chi connectivity index (χ1v) is 12.9. The largest absolute Gasteiger partial charge is 0.490 e. The standard InChI is InChI=1S/C24H34N4O3S.C2H4O2/c1-6-17-11-18(9-16(5)22(17)30-14-19(29)12-25)23-26-24(31-27-23)20-10-15(4)21(32-20)13-28(7-2)8-3;1-2(3)4/h9-11,19,29H,6-8,12-14,25H2,1-5H3;1H3,(H,3,4)/t19-;/m0./s1. The molecule has 0 bridgehead atoms. The fourth-order valence-corrected chi connectivity index (χ4v) is 4.70. The average Bonchev–Trinajstić information content (AvgIpc) is 3.47. The number of rotatable bonds is 11. The van der Waals surface area contributed by atoms with E-state index in [0.717, 1.165) is 60.3 Å². The molecule has 0 unspecified atom stereocenters. The molecule has 3 aromatic rings. The number of hydrogen-bond donors (Lipinski definition) is 3. The summed E-state index contributed by atoms with van der Waals surface area (Å²) >= 11 is 1.71. The van der Waals surface area contributed by atoms with E-state index in [1.165, 1.54) is 10.4 Å². The van der Waals surface area contributed by atoms with Gasteiger partial charge in [0.05, 0.1) is 4.88 Å². The average molecular weight is 519 g/mol. The SMILES string of the molecule is CC(=O)O.CCc1cc(-c2noc(-c3cc(C)c(CN(CC)CC)s3)n2)cc(C)c1OC[C@@H](O)CN.